The van der Waals surface area contributed by atoms with Crippen LogP contribution in [0.25, 0.3) is 5.95 Å². The van der Waals surface area contributed by atoms with Crippen LogP contribution in [0.4, 0.5) is 11.9 Å². The van der Waals surface area contributed by atoms with E-state index in [1.807, 2.05) is 7.05 Å². The number of anilines is 2. The second kappa shape index (κ2) is 6.21. The molecule has 0 fully saturated rings. The van der Waals surface area contributed by atoms with Gasteiger partial charge in [-0.1, -0.05) is 0 Å². The molecule has 0 aliphatic carbocycles. The van der Waals surface area contributed by atoms with Crippen molar-refractivity contribution in [2.45, 2.75) is 19.4 Å². The Morgan fingerprint density at radius 2 is 2.25 bits per heavy atom. The van der Waals surface area contributed by atoms with Gasteiger partial charge in [-0.25, -0.2) is 10.8 Å². The minimum atomic E-state index is -0.388. The van der Waals surface area contributed by atoms with Gasteiger partial charge in [0.2, 0.25) is 11.9 Å². The number of nitrogens with zero attached hydrogens (tertiary/aromatic N) is 7. The summed E-state index contributed by atoms with van der Waals surface area (Å²) < 4.78 is 1.41. The second-order valence-corrected chi connectivity index (χ2v) is 4.30. The number of aliphatic hydroxyl groups is 1. The average molecular weight is 279 g/mol. The normalized spacial score (nSPS) is 12.2. The van der Waals surface area contributed by atoms with Crippen LogP contribution in [-0.2, 0) is 0 Å². The Morgan fingerprint density at radius 3 is 2.85 bits per heavy atom. The minimum Gasteiger partial charge on any atom is -0.393 e. The number of aliphatic hydroxyl groups excluding tert-OH is 1. The molecule has 0 aliphatic heterocycles. The highest BCUT2D eigenvalue weighted by Gasteiger charge is 2.12. The van der Waals surface area contributed by atoms with Gasteiger partial charge in [0, 0.05) is 13.6 Å². The summed E-state index contributed by atoms with van der Waals surface area (Å²) >= 11 is 0. The molecule has 2 heterocycles. The van der Waals surface area contributed by atoms with Crippen molar-refractivity contribution in [3.8, 4) is 5.95 Å². The Hall–Kier alpha value is -2.33. The lowest BCUT2D eigenvalue weighted by atomic mass is 10.3. The van der Waals surface area contributed by atoms with E-state index < -0.39 is 0 Å². The van der Waals surface area contributed by atoms with Crippen LogP contribution < -0.4 is 16.2 Å². The van der Waals surface area contributed by atoms with E-state index in [1.54, 1.807) is 11.8 Å². The van der Waals surface area contributed by atoms with Crippen molar-refractivity contribution in [3.63, 3.8) is 0 Å². The topological polar surface area (TPSA) is 131 Å². The van der Waals surface area contributed by atoms with Crippen LogP contribution >= 0.6 is 0 Å². The maximum atomic E-state index is 9.32. The van der Waals surface area contributed by atoms with Gasteiger partial charge in [0.15, 0.2) is 0 Å². The highest BCUT2D eigenvalue weighted by molar-refractivity contribution is 5.38. The largest absolute Gasteiger partial charge is 0.393 e. The first kappa shape index (κ1) is 14.1. The summed E-state index contributed by atoms with van der Waals surface area (Å²) in [5.41, 5.74) is 2.39. The first-order valence-electron chi connectivity index (χ1n) is 6.07. The standard InChI is InChI=1S/C10H17N9O/c1-7(20)3-4-18(2)9-14-8(17-11)15-10(16-9)19-6-12-5-13-19/h5-7,20H,3-4,11H2,1-2H3,(H,14,15,16,17). The third-order valence-electron chi connectivity index (χ3n) is 2.59. The molecule has 1 atom stereocenters. The molecule has 0 saturated heterocycles. The van der Waals surface area contributed by atoms with Crippen LogP contribution in [0.2, 0.25) is 0 Å². The summed E-state index contributed by atoms with van der Waals surface area (Å²) in [6, 6.07) is 0. The summed E-state index contributed by atoms with van der Waals surface area (Å²) in [5.74, 6) is 6.32. The zero-order valence-corrected chi connectivity index (χ0v) is 11.3. The lowest BCUT2D eigenvalue weighted by Crippen LogP contribution is -2.25. The number of nitrogens with one attached hydrogen (secondary N) is 1. The van der Waals surface area contributed by atoms with Crippen molar-refractivity contribution in [3.05, 3.63) is 12.7 Å². The van der Waals surface area contributed by atoms with Crippen LogP contribution in [0.1, 0.15) is 13.3 Å². The van der Waals surface area contributed by atoms with Crippen LogP contribution in [0.15, 0.2) is 12.7 Å². The Labute approximate surface area is 115 Å². The van der Waals surface area contributed by atoms with Crippen LogP contribution in [0.3, 0.4) is 0 Å². The van der Waals surface area contributed by atoms with Crippen molar-refractivity contribution in [2.24, 2.45) is 5.84 Å². The fourth-order valence-corrected chi connectivity index (χ4v) is 1.48. The molecular weight excluding hydrogens is 262 g/mol. The Bertz CT molecular complexity index is 542. The van der Waals surface area contributed by atoms with Gasteiger partial charge < -0.3 is 10.0 Å². The van der Waals surface area contributed by atoms with Crippen molar-refractivity contribution in [1.29, 1.82) is 0 Å². The molecule has 2 aromatic heterocycles. The summed E-state index contributed by atoms with van der Waals surface area (Å²) in [6.45, 7) is 2.33. The zero-order chi connectivity index (χ0) is 14.5. The van der Waals surface area contributed by atoms with Gasteiger partial charge in [-0.2, -0.15) is 24.7 Å². The Balaban J connectivity index is 2.26. The first-order valence-corrected chi connectivity index (χ1v) is 6.07. The van der Waals surface area contributed by atoms with Crippen molar-refractivity contribution >= 4 is 11.9 Å². The fraction of sp³-hybridized carbons (Fsp3) is 0.500. The Kier molecular flexibility index (Phi) is 4.38. The molecule has 4 N–H and O–H groups in total. The molecule has 20 heavy (non-hydrogen) atoms. The average Bonchev–Trinajstić information content (AvgIpc) is 2.98. The SMILES string of the molecule is CC(O)CCN(C)c1nc(NN)nc(-n2cncn2)n1. The van der Waals surface area contributed by atoms with E-state index in [2.05, 4.69) is 30.5 Å². The number of nitrogens with two attached hydrogens (primary N) is 1. The molecule has 2 aromatic rings. The third kappa shape index (κ3) is 3.36. The molecule has 0 aliphatic rings. The highest BCUT2D eigenvalue weighted by Crippen LogP contribution is 2.11. The molecule has 2 rings (SSSR count). The van der Waals surface area contributed by atoms with Crippen molar-refractivity contribution in [1.82, 2.24) is 29.7 Å². The van der Waals surface area contributed by atoms with E-state index in [4.69, 9.17) is 5.84 Å². The van der Waals surface area contributed by atoms with E-state index in [-0.39, 0.29) is 12.1 Å². The lowest BCUT2D eigenvalue weighted by molar-refractivity contribution is 0.186. The number of hydrogen-bond acceptors (Lipinski definition) is 9. The molecule has 10 heteroatoms. The molecule has 0 bridgehead atoms. The molecule has 0 radical (unpaired) electrons. The van der Waals surface area contributed by atoms with Gasteiger partial charge >= 0.3 is 0 Å². The van der Waals surface area contributed by atoms with Gasteiger partial charge in [0.25, 0.3) is 5.95 Å². The third-order valence-corrected chi connectivity index (χ3v) is 2.59. The fourth-order valence-electron chi connectivity index (χ4n) is 1.48. The maximum absolute atomic E-state index is 9.32. The second-order valence-electron chi connectivity index (χ2n) is 4.30. The maximum Gasteiger partial charge on any atom is 0.258 e. The summed E-state index contributed by atoms with van der Waals surface area (Å²) in [6.07, 6.45) is 3.08. The molecule has 10 nitrogen and oxygen atoms in total. The molecule has 0 amide bonds. The van der Waals surface area contributed by atoms with Gasteiger partial charge in [0.05, 0.1) is 6.10 Å². The zero-order valence-electron chi connectivity index (χ0n) is 11.3. The predicted octanol–water partition coefficient (Wildman–Crippen LogP) is -1.05. The van der Waals surface area contributed by atoms with Gasteiger partial charge in [-0.05, 0) is 13.3 Å². The number of hydrogen-bond donors (Lipinski definition) is 3. The molecule has 0 spiro atoms. The molecule has 0 aromatic carbocycles. The summed E-state index contributed by atoms with van der Waals surface area (Å²) in [5, 5.41) is 13.3. The number of hydrazine groups is 1. The quantitative estimate of drug-likeness (QED) is 0.447. The van der Waals surface area contributed by atoms with E-state index in [0.717, 1.165) is 0 Å². The monoisotopic (exact) mass is 279 g/mol. The van der Waals surface area contributed by atoms with Crippen LogP contribution in [0, 0.1) is 0 Å². The number of rotatable bonds is 6. The molecule has 0 saturated carbocycles. The van der Waals surface area contributed by atoms with Gasteiger partial charge in [-0.15, -0.1) is 0 Å². The molecule has 1 unspecified atom stereocenters. The minimum absolute atomic E-state index is 0.226. The smallest absolute Gasteiger partial charge is 0.258 e. The van der Waals surface area contributed by atoms with Crippen molar-refractivity contribution in [2.75, 3.05) is 23.9 Å². The number of nitrogen functional groups attached to an aromatic ring is 1. The van der Waals surface area contributed by atoms with E-state index >= 15 is 0 Å². The van der Waals surface area contributed by atoms with Gasteiger partial charge in [0.1, 0.15) is 12.7 Å². The van der Waals surface area contributed by atoms with E-state index in [0.29, 0.717) is 24.9 Å². The summed E-state index contributed by atoms with van der Waals surface area (Å²) in [7, 11) is 1.82. The predicted molar refractivity (Wildman–Crippen MR) is 72.1 cm³/mol. The molecular formula is C10H17N9O. The highest BCUT2D eigenvalue weighted by atomic mass is 16.3. The summed E-state index contributed by atoms with van der Waals surface area (Å²) in [4.78, 5) is 18.2. The Morgan fingerprint density at radius 1 is 1.45 bits per heavy atom. The number of aromatic nitrogens is 6. The van der Waals surface area contributed by atoms with Crippen molar-refractivity contribution < 1.29 is 5.11 Å². The molecule has 108 valence electrons. The lowest BCUT2D eigenvalue weighted by Gasteiger charge is -2.18. The van der Waals surface area contributed by atoms with E-state index in [1.165, 1.54) is 17.3 Å². The van der Waals surface area contributed by atoms with Crippen LogP contribution in [-0.4, -0.2) is 54.5 Å². The van der Waals surface area contributed by atoms with Gasteiger partial charge in [-0.3, -0.25) is 5.43 Å². The first-order chi connectivity index (χ1) is 9.60. The van der Waals surface area contributed by atoms with E-state index in [9.17, 15) is 5.11 Å². The van der Waals surface area contributed by atoms with Crippen LogP contribution in [0.5, 0.6) is 0 Å².